The van der Waals surface area contributed by atoms with Crippen LogP contribution in [0.3, 0.4) is 0 Å². The largest absolute Gasteiger partial charge is 0.391 e. The van der Waals surface area contributed by atoms with Crippen LogP contribution >= 0.6 is 0 Å². The molecule has 0 amide bonds. The lowest BCUT2D eigenvalue weighted by Gasteiger charge is -2.31. The Morgan fingerprint density at radius 3 is 2.64 bits per heavy atom. The summed E-state index contributed by atoms with van der Waals surface area (Å²) in [5.41, 5.74) is 16.0. The van der Waals surface area contributed by atoms with Gasteiger partial charge in [-0.1, -0.05) is 6.08 Å². The summed E-state index contributed by atoms with van der Waals surface area (Å²) in [6, 6.07) is 0. The first-order chi connectivity index (χ1) is 10.4. The molecule has 0 aromatic carbocycles. The average Bonchev–Trinajstić information content (AvgIpc) is 2.76. The lowest BCUT2D eigenvalue weighted by molar-refractivity contribution is 0.0119. The van der Waals surface area contributed by atoms with Crippen LogP contribution in [0.25, 0.3) is 0 Å². The molecule has 122 valence electrons. The molecule has 1 aromatic heterocycles. The number of ether oxygens (including phenoxy) is 1. The number of anilines is 3. The van der Waals surface area contributed by atoms with Crippen LogP contribution in [0.15, 0.2) is 17.4 Å². The molecule has 0 saturated carbocycles. The third-order valence-electron chi connectivity index (χ3n) is 3.43. The number of aromatic nitrogens is 2. The summed E-state index contributed by atoms with van der Waals surface area (Å²) in [7, 11) is 0. The van der Waals surface area contributed by atoms with E-state index < -0.39 is 30.1 Å². The van der Waals surface area contributed by atoms with Crippen molar-refractivity contribution in [2.45, 2.75) is 24.5 Å². The van der Waals surface area contributed by atoms with E-state index in [1.54, 1.807) is 0 Å². The monoisotopic (exact) mass is 312 g/mol. The molecule has 22 heavy (non-hydrogen) atoms. The van der Waals surface area contributed by atoms with Gasteiger partial charge in [0.05, 0.1) is 0 Å². The maximum Gasteiger partial charge on any atom is 0.277 e. The van der Waals surface area contributed by atoms with E-state index in [1.807, 2.05) is 0 Å². The van der Waals surface area contributed by atoms with Crippen LogP contribution in [0.2, 0.25) is 0 Å². The van der Waals surface area contributed by atoms with E-state index in [-0.39, 0.29) is 30.5 Å². The summed E-state index contributed by atoms with van der Waals surface area (Å²) >= 11 is 0. The van der Waals surface area contributed by atoms with Crippen molar-refractivity contribution in [2.75, 3.05) is 29.5 Å². The summed E-state index contributed by atoms with van der Waals surface area (Å²) in [6.45, 7) is 3.79. The maximum absolute atomic E-state index is 11.7. The highest BCUT2D eigenvalue weighted by Gasteiger charge is 2.45. The van der Waals surface area contributed by atoms with E-state index in [4.69, 9.17) is 21.9 Å². The molecule has 0 spiro atoms. The lowest BCUT2D eigenvalue weighted by Crippen LogP contribution is -2.45. The van der Waals surface area contributed by atoms with Crippen molar-refractivity contribution in [1.29, 1.82) is 0 Å². The zero-order valence-electron chi connectivity index (χ0n) is 11.8. The van der Waals surface area contributed by atoms with Crippen LogP contribution in [0.5, 0.6) is 0 Å². The Hall–Kier alpha value is -2.14. The predicted molar refractivity (Wildman–Crippen MR) is 81.0 cm³/mol. The fourth-order valence-corrected chi connectivity index (χ4v) is 2.34. The fraction of sp³-hybridized carbons (Fsp3) is 0.500. The quantitative estimate of drug-likeness (QED) is 0.316. The van der Waals surface area contributed by atoms with Crippen molar-refractivity contribution in [2.24, 2.45) is 5.73 Å². The number of nitrogens with zero attached hydrogens (tertiary/aromatic N) is 2. The first-order valence-electron chi connectivity index (χ1n) is 6.65. The van der Waals surface area contributed by atoms with Gasteiger partial charge in [0.25, 0.3) is 5.56 Å². The molecule has 0 unspecified atom stereocenters. The Balaban J connectivity index is 2.43. The first-order valence-corrected chi connectivity index (χ1v) is 6.65. The highest BCUT2D eigenvalue weighted by Crippen LogP contribution is 2.29. The molecule has 1 fully saturated rings. The summed E-state index contributed by atoms with van der Waals surface area (Å²) in [5, 5.41) is 20.1. The van der Waals surface area contributed by atoms with E-state index in [0.717, 1.165) is 0 Å². The molecule has 1 saturated heterocycles. The standard InChI is InChI=1S/C12H20N6O4/c1-2-3-18(9-6(14)10(21)17-12(15)16-9)11-8(20)7(19)5(4-13)22-11/h2,5,7-8,11,19-20H,1,3-4,13-14H2,(H3,15,16,17,21)/t5-,7-,8-,11-/m1/s1. The third kappa shape index (κ3) is 2.76. The van der Waals surface area contributed by atoms with Crippen LogP contribution in [0.4, 0.5) is 17.5 Å². The van der Waals surface area contributed by atoms with Gasteiger partial charge in [-0.25, -0.2) is 0 Å². The molecule has 10 nitrogen and oxygen atoms in total. The second-order valence-electron chi connectivity index (χ2n) is 4.91. The predicted octanol–water partition coefficient (Wildman–Crippen LogP) is -2.67. The number of aromatic amines is 1. The van der Waals surface area contributed by atoms with Gasteiger partial charge in [0, 0.05) is 13.1 Å². The lowest BCUT2D eigenvalue weighted by atomic mass is 10.1. The summed E-state index contributed by atoms with van der Waals surface area (Å²) in [5.74, 6) is -0.0956. The van der Waals surface area contributed by atoms with Crippen molar-refractivity contribution in [3.05, 3.63) is 23.0 Å². The molecule has 10 heteroatoms. The molecule has 0 bridgehead atoms. The first kappa shape index (κ1) is 16.2. The second-order valence-corrected chi connectivity index (χ2v) is 4.91. The van der Waals surface area contributed by atoms with Gasteiger partial charge in [0.1, 0.15) is 24.0 Å². The van der Waals surface area contributed by atoms with Gasteiger partial charge in [-0.05, 0) is 0 Å². The van der Waals surface area contributed by atoms with Crippen molar-refractivity contribution in [1.82, 2.24) is 9.97 Å². The van der Waals surface area contributed by atoms with Gasteiger partial charge >= 0.3 is 0 Å². The minimum absolute atomic E-state index is 0.0249. The second kappa shape index (κ2) is 6.32. The van der Waals surface area contributed by atoms with Crippen molar-refractivity contribution in [3.63, 3.8) is 0 Å². The zero-order chi connectivity index (χ0) is 16.4. The molecular formula is C12H20N6O4. The minimum atomic E-state index is -1.25. The highest BCUT2D eigenvalue weighted by atomic mass is 16.6. The van der Waals surface area contributed by atoms with Crippen molar-refractivity contribution in [3.8, 4) is 0 Å². The molecule has 1 aliphatic rings. The topological polar surface area (TPSA) is 177 Å². The minimum Gasteiger partial charge on any atom is -0.391 e. The number of H-pyrrole nitrogens is 1. The van der Waals surface area contributed by atoms with E-state index in [0.29, 0.717) is 0 Å². The number of rotatable bonds is 5. The zero-order valence-corrected chi connectivity index (χ0v) is 11.8. The number of aliphatic hydroxyl groups is 2. The van der Waals surface area contributed by atoms with Crippen LogP contribution in [-0.4, -0.2) is 57.8 Å². The Labute approximate surface area is 126 Å². The van der Waals surface area contributed by atoms with Crippen LogP contribution in [0, 0.1) is 0 Å². The smallest absolute Gasteiger partial charge is 0.277 e. The fourth-order valence-electron chi connectivity index (χ4n) is 2.34. The average molecular weight is 312 g/mol. The van der Waals surface area contributed by atoms with Gasteiger partial charge in [-0.15, -0.1) is 6.58 Å². The van der Waals surface area contributed by atoms with E-state index >= 15 is 0 Å². The van der Waals surface area contributed by atoms with E-state index in [1.165, 1.54) is 11.0 Å². The number of hydrogen-bond acceptors (Lipinski definition) is 9. The van der Waals surface area contributed by atoms with Crippen molar-refractivity contribution >= 4 is 17.5 Å². The highest BCUT2D eigenvalue weighted by molar-refractivity contribution is 5.63. The number of aliphatic hydroxyl groups excluding tert-OH is 2. The van der Waals surface area contributed by atoms with Crippen LogP contribution < -0.4 is 27.7 Å². The van der Waals surface area contributed by atoms with Crippen LogP contribution in [0.1, 0.15) is 0 Å². The molecule has 1 aliphatic heterocycles. The molecule has 0 aliphatic carbocycles. The van der Waals surface area contributed by atoms with Gasteiger partial charge in [-0.3, -0.25) is 9.78 Å². The van der Waals surface area contributed by atoms with E-state index in [9.17, 15) is 15.0 Å². The molecule has 2 heterocycles. The number of nitrogens with one attached hydrogen (secondary N) is 1. The molecule has 0 radical (unpaired) electrons. The van der Waals surface area contributed by atoms with Gasteiger partial charge in [0.2, 0.25) is 5.95 Å². The Morgan fingerprint density at radius 1 is 1.41 bits per heavy atom. The van der Waals surface area contributed by atoms with Gasteiger partial charge < -0.3 is 37.1 Å². The Bertz CT molecular complexity index is 606. The third-order valence-corrected chi connectivity index (χ3v) is 3.43. The molecule has 4 atom stereocenters. The summed E-state index contributed by atoms with van der Waals surface area (Å²) in [6.07, 6.45) is -2.64. The Kier molecular flexibility index (Phi) is 4.66. The number of hydrogen-bond donors (Lipinski definition) is 6. The maximum atomic E-state index is 11.7. The molecular weight excluding hydrogens is 292 g/mol. The normalized spacial score (nSPS) is 27.8. The van der Waals surface area contributed by atoms with Gasteiger partial charge in [0.15, 0.2) is 12.0 Å². The summed E-state index contributed by atoms with van der Waals surface area (Å²) < 4.78 is 5.54. The van der Waals surface area contributed by atoms with Gasteiger partial charge in [-0.2, -0.15) is 4.98 Å². The SMILES string of the molecule is C=CCN(c1nc(N)[nH]c(=O)c1N)[C@@H]1O[C@H](CN)[C@@H](O)[C@H]1O. The van der Waals surface area contributed by atoms with Crippen molar-refractivity contribution < 1.29 is 14.9 Å². The molecule has 9 N–H and O–H groups in total. The Morgan fingerprint density at radius 2 is 2.09 bits per heavy atom. The molecule has 1 aromatic rings. The van der Waals surface area contributed by atoms with E-state index in [2.05, 4.69) is 16.5 Å². The number of nitrogen functional groups attached to an aromatic ring is 2. The molecule has 2 rings (SSSR count). The number of nitrogens with two attached hydrogens (primary N) is 3. The van der Waals surface area contributed by atoms with Crippen LogP contribution in [-0.2, 0) is 4.74 Å². The summed E-state index contributed by atoms with van der Waals surface area (Å²) in [4.78, 5) is 19.4.